The molecule has 2 aliphatic rings. The SMILES string of the molecule is CC1(C)CSCC(C2(C)CNCCN2)N1. The average molecular weight is 229 g/mol. The molecule has 0 spiro atoms. The van der Waals surface area contributed by atoms with Gasteiger partial charge in [-0.3, -0.25) is 0 Å². The van der Waals surface area contributed by atoms with E-state index in [0.717, 1.165) is 19.6 Å². The predicted molar refractivity (Wildman–Crippen MR) is 67.6 cm³/mol. The maximum atomic E-state index is 3.78. The Bertz CT molecular complexity index is 224. The summed E-state index contributed by atoms with van der Waals surface area (Å²) in [5, 5.41) is 10.9. The van der Waals surface area contributed by atoms with E-state index in [9.17, 15) is 0 Å². The van der Waals surface area contributed by atoms with Gasteiger partial charge in [0.2, 0.25) is 0 Å². The molecule has 2 fully saturated rings. The molecule has 0 aromatic heterocycles. The Hall–Kier alpha value is 0.230. The number of thioether (sulfide) groups is 1. The van der Waals surface area contributed by atoms with E-state index in [1.54, 1.807) is 0 Å². The van der Waals surface area contributed by atoms with Crippen molar-refractivity contribution < 1.29 is 0 Å². The first-order valence-corrected chi connectivity index (χ1v) is 6.99. The maximum absolute atomic E-state index is 3.78. The fourth-order valence-electron chi connectivity index (χ4n) is 2.42. The molecule has 2 atom stereocenters. The van der Waals surface area contributed by atoms with Gasteiger partial charge in [-0.15, -0.1) is 0 Å². The lowest BCUT2D eigenvalue weighted by Gasteiger charge is -2.48. The smallest absolute Gasteiger partial charge is 0.0441 e. The van der Waals surface area contributed by atoms with Gasteiger partial charge in [0.1, 0.15) is 0 Å². The van der Waals surface area contributed by atoms with Crippen LogP contribution in [0.15, 0.2) is 0 Å². The molecule has 2 saturated heterocycles. The van der Waals surface area contributed by atoms with Crippen LogP contribution in [0, 0.1) is 0 Å². The molecule has 0 radical (unpaired) electrons. The second-order valence-electron chi connectivity index (χ2n) is 5.62. The first-order valence-electron chi connectivity index (χ1n) is 5.83. The maximum Gasteiger partial charge on any atom is 0.0441 e. The summed E-state index contributed by atoms with van der Waals surface area (Å²) in [6.45, 7) is 10.2. The van der Waals surface area contributed by atoms with Crippen LogP contribution in [0.3, 0.4) is 0 Å². The number of hydrogen-bond donors (Lipinski definition) is 3. The topological polar surface area (TPSA) is 36.1 Å². The molecular weight excluding hydrogens is 206 g/mol. The lowest BCUT2D eigenvalue weighted by molar-refractivity contribution is 0.199. The Labute approximate surface area is 97.1 Å². The van der Waals surface area contributed by atoms with E-state index in [1.165, 1.54) is 11.5 Å². The highest BCUT2D eigenvalue weighted by atomic mass is 32.2. The second-order valence-corrected chi connectivity index (χ2v) is 6.65. The summed E-state index contributed by atoms with van der Waals surface area (Å²) in [7, 11) is 0. The molecule has 2 aliphatic heterocycles. The van der Waals surface area contributed by atoms with Gasteiger partial charge in [0.15, 0.2) is 0 Å². The molecule has 2 heterocycles. The highest BCUT2D eigenvalue weighted by molar-refractivity contribution is 7.99. The molecule has 0 aliphatic carbocycles. The molecule has 88 valence electrons. The van der Waals surface area contributed by atoms with Gasteiger partial charge < -0.3 is 16.0 Å². The molecule has 2 rings (SSSR count). The molecule has 3 nitrogen and oxygen atoms in total. The third-order valence-electron chi connectivity index (χ3n) is 3.40. The lowest BCUT2D eigenvalue weighted by Crippen LogP contribution is -2.71. The van der Waals surface area contributed by atoms with Crippen LogP contribution < -0.4 is 16.0 Å². The number of rotatable bonds is 1. The molecule has 0 amide bonds. The normalized spacial score (nSPS) is 41.4. The molecule has 3 N–H and O–H groups in total. The molecule has 15 heavy (non-hydrogen) atoms. The summed E-state index contributed by atoms with van der Waals surface area (Å²) in [6.07, 6.45) is 0. The van der Waals surface area contributed by atoms with Crippen LogP contribution in [0.4, 0.5) is 0 Å². The first kappa shape index (κ1) is 11.7. The summed E-state index contributed by atoms with van der Waals surface area (Å²) in [5.41, 5.74) is 0.485. The van der Waals surface area contributed by atoms with Crippen LogP contribution in [0.1, 0.15) is 20.8 Å². The Kier molecular flexibility index (Phi) is 3.31. The zero-order valence-electron chi connectivity index (χ0n) is 10.0. The molecule has 2 unspecified atom stereocenters. The summed E-state index contributed by atoms with van der Waals surface area (Å²) < 4.78 is 0. The van der Waals surface area contributed by atoms with E-state index in [-0.39, 0.29) is 11.1 Å². The van der Waals surface area contributed by atoms with Gasteiger partial charge in [-0.25, -0.2) is 0 Å². The van der Waals surface area contributed by atoms with Gasteiger partial charge in [-0.1, -0.05) is 0 Å². The van der Waals surface area contributed by atoms with Crippen molar-refractivity contribution in [3.63, 3.8) is 0 Å². The monoisotopic (exact) mass is 229 g/mol. The fraction of sp³-hybridized carbons (Fsp3) is 1.00. The number of nitrogens with one attached hydrogen (secondary N) is 3. The predicted octanol–water partition coefficient (Wildman–Crippen LogP) is 0.422. The molecule has 0 aromatic rings. The molecule has 0 bridgehead atoms. The van der Waals surface area contributed by atoms with Crippen molar-refractivity contribution in [2.24, 2.45) is 0 Å². The number of piperazine rings is 1. The van der Waals surface area contributed by atoms with Gasteiger partial charge in [0, 0.05) is 48.3 Å². The van der Waals surface area contributed by atoms with E-state index in [0.29, 0.717) is 6.04 Å². The molecule has 4 heteroatoms. The van der Waals surface area contributed by atoms with Crippen LogP contribution in [-0.4, -0.2) is 48.3 Å². The Morgan fingerprint density at radius 1 is 1.20 bits per heavy atom. The average Bonchev–Trinajstić information content (AvgIpc) is 2.17. The molecule has 0 saturated carbocycles. The summed E-state index contributed by atoms with van der Waals surface area (Å²) >= 11 is 2.07. The third kappa shape index (κ3) is 2.67. The van der Waals surface area contributed by atoms with Gasteiger partial charge >= 0.3 is 0 Å². The minimum atomic E-state index is 0.211. The van der Waals surface area contributed by atoms with Crippen molar-refractivity contribution in [1.82, 2.24) is 16.0 Å². The first-order chi connectivity index (χ1) is 7.02. The molecule has 0 aromatic carbocycles. The van der Waals surface area contributed by atoms with Crippen molar-refractivity contribution in [1.29, 1.82) is 0 Å². The van der Waals surface area contributed by atoms with Gasteiger partial charge in [-0.05, 0) is 20.8 Å². The van der Waals surface area contributed by atoms with Gasteiger partial charge in [-0.2, -0.15) is 11.8 Å². The standard InChI is InChI=1S/C11H23N3S/c1-10(2)8-15-6-9(14-10)11(3)7-12-4-5-13-11/h9,12-14H,4-8H2,1-3H3. The van der Waals surface area contributed by atoms with Crippen molar-refractivity contribution in [3.05, 3.63) is 0 Å². The summed E-state index contributed by atoms with van der Waals surface area (Å²) in [5.74, 6) is 2.43. The van der Waals surface area contributed by atoms with Crippen LogP contribution in [-0.2, 0) is 0 Å². The Morgan fingerprint density at radius 2 is 2.00 bits per heavy atom. The van der Waals surface area contributed by atoms with Crippen molar-refractivity contribution in [2.75, 3.05) is 31.1 Å². The quantitative estimate of drug-likeness (QED) is 0.609. The van der Waals surface area contributed by atoms with Crippen LogP contribution in [0.2, 0.25) is 0 Å². The van der Waals surface area contributed by atoms with Crippen LogP contribution >= 0.6 is 11.8 Å². The van der Waals surface area contributed by atoms with Gasteiger partial charge in [0.25, 0.3) is 0 Å². The van der Waals surface area contributed by atoms with Crippen molar-refractivity contribution >= 4 is 11.8 Å². The Balaban J connectivity index is 2.02. The highest BCUT2D eigenvalue weighted by Crippen LogP contribution is 2.26. The lowest BCUT2D eigenvalue weighted by atomic mass is 9.89. The largest absolute Gasteiger partial charge is 0.314 e. The van der Waals surface area contributed by atoms with E-state index >= 15 is 0 Å². The fourth-order valence-corrected chi connectivity index (χ4v) is 3.82. The van der Waals surface area contributed by atoms with E-state index < -0.39 is 0 Å². The second kappa shape index (κ2) is 4.24. The Morgan fingerprint density at radius 3 is 2.60 bits per heavy atom. The van der Waals surface area contributed by atoms with Gasteiger partial charge in [0.05, 0.1) is 0 Å². The molecular formula is C11H23N3S. The van der Waals surface area contributed by atoms with Crippen molar-refractivity contribution in [2.45, 2.75) is 37.9 Å². The van der Waals surface area contributed by atoms with Crippen molar-refractivity contribution in [3.8, 4) is 0 Å². The van der Waals surface area contributed by atoms with E-state index in [2.05, 4.69) is 48.5 Å². The summed E-state index contributed by atoms with van der Waals surface area (Å²) in [4.78, 5) is 0. The van der Waals surface area contributed by atoms with Crippen LogP contribution in [0.25, 0.3) is 0 Å². The van der Waals surface area contributed by atoms with E-state index in [1.807, 2.05) is 0 Å². The zero-order chi connectivity index (χ0) is 10.9. The third-order valence-corrected chi connectivity index (χ3v) is 4.90. The van der Waals surface area contributed by atoms with Crippen LogP contribution in [0.5, 0.6) is 0 Å². The highest BCUT2D eigenvalue weighted by Gasteiger charge is 2.40. The minimum Gasteiger partial charge on any atom is -0.314 e. The summed E-state index contributed by atoms with van der Waals surface area (Å²) in [6, 6.07) is 0.569. The number of hydrogen-bond acceptors (Lipinski definition) is 4. The van der Waals surface area contributed by atoms with E-state index in [4.69, 9.17) is 0 Å². The minimum absolute atomic E-state index is 0.211. The zero-order valence-corrected chi connectivity index (χ0v) is 10.8.